The molecule has 0 spiro atoms. The average molecular weight is 391 g/mol. The molecule has 5 nitrogen and oxygen atoms in total. The molecule has 0 fully saturated rings. The maximum Gasteiger partial charge on any atom is 0.185 e. The molecule has 0 aliphatic heterocycles. The van der Waals surface area contributed by atoms with Crippen molar-refractivity contribution in [1.29, 1.82) is 5.53 Å². The SMILES string of the molecule is CCCCCCOc1cc2c(cc1N=N)sc(=NCCCC)n2CCCC. The third kappa shape index (κ3) is 6.16. The summed E-state index contributed by atoms with van der Waals surface area (Å²) in [6.07, 6.45) is 9.23. The van der Waals surface area contributed by atoms with Gasteiger partial charge in [0.15, 0.2) is 4.80 Å². The highest BCUT2D eigenvalue weighted by Crippen LogP contribution is 2.34. The summed E-state index contributed by atoms with van der Waals surface area (Å²) in [4.78, 5) is 5.90. The second-order valence-electron chi connectivity index (χ2n) is 6.93. The fraction of sp³-hybridized carbons (Fsp3) is 0.667. The summed E-state index contributed by atoms with van der Waals surface area (Å²) in [7, 11) is 0. The summed E-state index contributed by atoms with van der Waals surface area (Å²) in [6.45, 7) is 9.13. The Morgan fingerprint density at radius 2 is 1.78 bits per heavy atom. The van der Waals surface area contributed by atoms with Gasteiger partial charge in [0.25, 0.3) is 0 Å². The minimum Gasteiger partial charge on any atom is -0.491 e. The van der Waals surface area contributed by atoms with E-state index in [-0.39, 0.29) is 0 Å². The van der Waals surface area contributed by atoms with Crippen LogP contribution in [0.5, 0.6) is 5.75 Å². The van der Waals surface area contributed by atoms with Crippen LogP contribution in [0.2, 0.25) is 0 Å². The number of aryl methyl sites for hydroxylation is 1. The molecule has 0 radical (unpaired) electrons. The van der Waals surface area contributed by atoms with Gasteiger partial charge in [-0.15, -0.1) is 0 Å². The summed E-state index contributed by atoms with van der Waals surface area (Å²) < 4.78 is 9.44. The molecule has 150 valence electrons. The Balaban J connectivity index is 2.34. The first kappa shape index (κ1) is 21.6. The highest BCUT2D eigenvalue weighted by molar-refractivity contribution is 7.16. The lowest BCUT2D eigenvalue weighted by Crippen LogP contribution is -2.15. The zero-order valence-electron chi connectivity index (χ0n) is 17.1. The fourth-order valence-electron chi connectivity index (χ4n) is 2.98. The van der Waals surface area contributed by atoms with E-state index in [1.165, 1.54) is 19.3 Å². The Labute approximate surface area is 167 Å². The lowest BCUT2D eigenvalue weighted by atomic mass is 10.2. The van der Waals surface area contributed by atoms with Crippen LogP contribution in [-0.2, 0) is 6.54 Å². The van der Waals surface area contributed by atoms with Gasteiger partial charge in [-0.1, -0.05) is 64.2 Å². The molecule has 2 rings (SSSR count). The van der Waals surface area contributed by atoms with E-state index in [2.05, 4.69) is 36.5 Å². The molecule has 0 amide bonds. The Kier molecular flexibility index (Phi) is 9.53. The highest BCUT2D eigenvalue weighted by Gasteiger charge is 2.12. The maximum absolute atomic E-state index is 7.53. The fourth-order valence-corrected chi connectivity index (χ4v) is 4.08. The normalized spacial score (nSPS) is 12.0. The van der Waals surface area contributed by atoms with Gasteiger partial charge in [-0.2, -0.15) is 5.11 Å². The van der Waals surface area contributed by atoms with Crippen LogP contribution in [0.25, 0.3) is 10.2 Å². The average Bonchev–Trinajstić information content (AvgIpc) is 3.02. The van der Waals surface area contributed by atoms with Gasteiger partial charge in [-0.25, -0.2) is 5.53 Å². The molecule has 6 heteroatoms. The number of thiazole rings is 1. The van der Waals surface area contributed by atoms with Gasteiger partial charge in [-0.05, 0) is 25.3 Å². The van der Waals surface area contributed by atoms with Crippen molar-refractivity contribution in [2.45, 2.75) is 78.7 Å². The molecule has 1 N–H and O–H groups in total. The largest absolute Gasteiger partial charge is 0.491 e. The lowest BCUT2D eigenvalue weighted by molar-refractivity contribution is 0.306. The number of aromatic nitrogens is 1. The van der Waals surface area contributed by atoms with Crippen LogP contribution >= 0.6 is 11.3 Å². The van der Waals surface area contributed by atoms with E-state index in [9.17, 15) is 0 Å². The minimum absolute atomic E-state index is 0.613. The molecule has 2 aromatic rings. The number of fused-ring (bicyclic) bond motifs is 1. The van der Waals surface area contributed by atoms with Crippen molar-refractivity contribution < 1.29 is 4.74 Å². The van der Waals surface area contributed by atoms with Crippen LogP contribution < -0.4 is 9.54 Å². The molecule has 0 saturated heterocycles. The topological polar surface area (TPSA) is 62.7 Å². The van der Waals surface area contributed by atoms with Gasteiger partial charge < -0.3 is 9.30 Å². The van der Waals surface area contributed by atoms with Crippen molar-refractivity contribution in [3.8, 4) is 5.75 Å². The molecular formula is C21H34N4OS. The molecule has 0 aliphatic carbocycles. The second-order valence-corrected chi connectivity index (χ2v) is 7.94. The third-order valence-electron chi connectivity index (χ3n) is 4.63. The van der Waals surface area contributed by atoms with Gasteiger partial charge in [0.2, 0.25) is 0 Å². The lowest BCUT2D eigenvalue weighted by Gasteiger charge is -2.10. The van der Waals surface area contributed by atoms with Crippen molar-refractivity contribution in [2.75, 3.05) is 13.2 Å². The summed E-state index contributed by atoms with van der Waals surface area (Å²) in [5, 5.41) is 3.70. The summed E-state index contributed by atoms with van der Waals surface area (Å²) in [5.74, 6) is 0.720. The molecule has 0 saturated carbocycles. The second kappa shape index (κ2) is 11.9. The van der Waals surface area contributed by atoms with Crippen molar-refractivity contribution >= 4 is 27.2 Å². The van der Waals surface area contributed by atoms with E-state index >= 15 is 0 Å². The van der Waals surface area contributed by atoms with Crippen LogP contribution in [0.1, 0.15) is 72.1 Å². The van der Waals surface area contributed by atoms with Crippen molar-refractivity contribution in [1.82, 2.24) is 4.57 Å². The Bertz CT molecular complexity index is 778. The van der Waals surface area contributed by atoms with Crippen molar-refractivity contribution in [2.24, 2.45) is 10.1 Å². The number of rotatable bonds is 13. The minimum atomic E-state index is 0.613. The van der Waals surface area contributed by atoms with E-state index in [0.717, 1.165) is 66.0 Å². The van der Waals surface area contributed by atoms with Crippen LogP contribution in [0.3, 0.4) is 0 Å². The van der Waals surface area contributed by atoms with Gasteiger partial charge in [-0.3, -0.25) is 4.99 Å². The van der Waals surface area contributed by atoms with E-state index in [1.807, 2.05) is 6.07 Å². The van der Waals surface area contributed by atoms with Gasteiger partial charge in [0.1, 0.15) is 11.4 Å². The Morgan fingerprint density at radius 3 is 2.48 bits per heavy atom. The molecule has 0 atom stereocenters. The number of ether oxygens (including phenoxy) is 1. The zero-order chi connectivity index (χ0) is 19.5. The van der Waals surface area contributed by atoms with Crippen LogP contribution in [0.4, 0.5) is 5.69 Å². The van der Waals surface area contributed by atoms with Gasteiger partial charge in [0, 0.05) is 19.2 Å². The van der Waals surface area contributed by atoms with E-state index in [1.54, 1.807) is 11.3 Å². The summed E-state index contributed by atoms with van der Waals surface area (Å²) >= 11 is 1.70. The third-order valence-corrected chi connectivity index (χ3v) is 5.71. The predicted octanol–water partition coefficient (Wildman–Crippen LogP) is 6.83. The monoisotopic (exact) mass is 390 g/mol. The summed E-state index contributed by atoms with van der Waals surface area (Å²) in [6, 6.07) is 4.04. The Hall–Kier alpha value is -1.69. The first-order valence-electron chi connectivity index (χ1n) is 10.4. The molecule has 1 aromatic heterocycles. The predicted molar refractivity (Wildman–Crippen MR) is 115 cm³/mol. The molecule has 0 bridgehead atoms. The number of nitrogens with zero attached hydrogens (tertiary/aromatic N) is 3. The Morgan fingerprint density at radius 1 is 1.00 bits per heavy atom. The van der Waals surface area contributed by atoms with Crippen LogP contribution in [0, 0.1) is 5.53 Å². The van der Waals surface area contributed by atoms with Crippen LogP contribution in [-0.4, -0.2) is 17.7 Å². The highest BCUT2D eigenvalue weighted by atomic mass is 32.1. The molecule has 1 heterocycles. The van der Waals surface area contributed by atoms with Gasteiger partial charge >= 0.3 is 0 Å². The van der Waals surface area contributed by atoms with E-state index < -0.39 is 0 Å². The van der Waals surface area contributed by atoms with E-state index in [4.69, 9.17) is 15.3 Å². The summed E-state index contributed by atoms with van der Waals surface area (Å²) in [5.41, 5.74) is 9.30. The smallest absolute Gasteiger partial charge is 0.185 e. The maximum atomic E-state index is 7.53. The first-order valence-corrected chi connectivity index (χ1v) is 11.2. The molecule has 0 aliphatic rings. The number of unbranched alkanes of at least 4 members (excludes halogenated alkanes) is 5. The number of nitrogens with one attached hydrogen (secondary N) is 1. The van der Waals surface area contributed by atoms with Crippen molar-refractivity contribution in [3.05, 3.63) is 16.9 Å². The number of hydrogen-bond acceptors (Lipinski definition) is 5. The van der Waals surface area contributed by atoms with E-state index in [0.29, 0.717) is 12.3 Å². The standard InChI is InChI=1S/C21H34N4OS/c1-4-7-10-11-14-26-19-16-18-20(15-17(19)24-22)27-21(23-12-8-5-2)25(18)13-9-6-3/h15-16,22H,4-14H2,1-3H3. The van der Waals surface area contributed by atoms with Crippen molar-refractivity contribution in [3.63, 3.8) is 0 Å². The van der Waals surface area contributed by atoms with Gasteiger partial charge in [0.05, 0.1) is 16.8 Å². The quantitative estimate of drug-likeness (QED) is 0.296. The zero-order valence-corrected chi connectivity index (χ0v) is 17.9. The molecule has 1 aromatic carbocycles. The van der Waals surface area contributed by atoms with Crippen LogP contribution in [0.15, 0.2) is 22.2 Å². The number of benzene rings is 1. The molecular weight excluding hydrogens is 356 g/mol. The first-order chi connectivity index (χ1) is 13.2. The number of hydrogen-bond donors (Lipinski definition) is 1. The molecule has 27 heavy (non-hydrogen) atoms. The molecule has 0 unspecified atom stereocenters.